The Morgan fingerprint density at radius 3 is 2.97 bits per heavy atom. The highest BCUT2D eigenvalue weighted by atomic mass is 32.1. The van der Waals surface area contributed by atoms with E-state index in [1.807, 2.05) is 41.0 Å². The lowest BCUT2D eigenvalue weighted by atomic mass is 10.00. The topological polar surface area (TPSA) is 62.2 Å². The molecule has 0 unspecified atom stereocenters. The second-order valence-electron chi connectivity index (χ2n) is 8.44. The van der Waals surface area contributed by atoms with Crippen molar-refractivity contribution in [3.05, 3.63) is 64.4 Å². The number of aliphatic hydroxyl groups excluding tert-OH is 1. The number of aryl methyl sites for hydroxylation is 1. The van der Waals surface area contributed by atoms with Gasteiger partial charge in [0.05, 0.1) is 31.9 Å². The highest BCUT2D eigenvalue weighted by Gasteiger charge is 2.33. The van der Waals surface area contributed by atoms with Crippen LogP contribution in [0.3, 0.4) is 0 Å². The molecule has 0 aliphatic carbocycles. The fourth-order valence-electron chi connectivity index (χ4n) is 4.23. The molecule has 33 heavy (non-hydrogen) atoms. The van der Waals surface area contributed by atoms with Crippen molar-refractivity contribution in [2.75, 3.05) is 46.0 Å². The summed E-state index contributed by atoms with van der Waals surface area (Å²) in [6, 6.07) is 9.97. The maximum Gasteiger partial charge on any atom is 0.237 e. The van der Waals surface area contributed by atoms with Gasteiger partial charge in [-0.25, -0.2) is 0 Å². The molecule has 0 bridgehead atoms. The molecule has 3 rings (SSSR count). The van der Waals surface area contributed by atoms with Crippen molar-refractivity contribution in [3.63, 3.8) is 0 Å². The zero-order valence-electron chi connectivity index (χ0n) is 19.7. The summed E-state index contributed by atoms with van der Waals surface area (Å²) in [5, 5.41) is 12.4. The van der Waals surface area contributed by atoms with E-state index in [0.29, 0.717) is 26.3 Å². The predicted octanol–water partition coefficient (Wildman–Crippen LogP) is 3.84. The van der Waals surface area contributed by atoms with Crippen molar-refractivity contribution in [1.29, 1.82) is 0 Å². The number of fused-ring (bicyclic) bond motifs is 1. The molecule has 1 aromatic heterocycles. The highest BCUT2D eigenvalue weighted by molar-refractivity contribution is 7.10. The van der Waals surface area contributed by atoms with Gasteiger partial charge in [0, 0.05) is 18.0 Å². The van der Waals surface area contributed by atoms with Crippen LogP contribution < -0.4 is 4.74 Å². The average Bonchev–Trinajstić information content (AvgIpc) is 3.28. The Bertz CT molecular complexity index is 900. The lowest BCUT2D eigenvalue weighted by molar-refractivity contribution is -0.136. The summed E-state index contributed by atoms with van der Waals surface area (Å²) in [5.74, 6) is 0.917. The van der Waals surface area contributed by atoms with E-state index < -0.39 is 6.10 Å². The summed E-state index contributed by atoms with van der Waals surface area (Å²) in [4.78, 5) is 18.8. The van der Waals surface area contributed by atoms with Crippen molar-refractivity contribution < 1.29 is 19.4 Å². The zero-order chi connectivity index (χ0) is 23.6. The molecule has 0 saturated heterocycles. The molecule has 1 aliphatic heterocycles. The fourth-order valence-corrected chi connectivity index (χ4v) is 5.16. The van der Waals surface area contributed by atoms with E-state index in [1.165, 1.54) is 10.4 Å². The maximum atomic E-state index is 13.5. The third-order valence-electron chi connectivity index (χ3n) is 5.82. The molecule has 7 heteroatoms. The van der Waals surface area contributed by atoms with Crippen LogP contribution in [-0.4, -0.2) is 72.9 Å². The lowest BCUT2D eigenvalue weighted by Gasteiger charge is -2.37. The van der Waals surface area contributed by atoms with Crippen molar-refractivity contribution in [2.24, 2.45) is 0 Å². The molecule has 6 nitrogen and oxygen atoms in total. The minimum absolute atomic E-state index is 0.0675. The van der Waals surface area contributed by atoms with Gasteiger partial charge in [-0.2, -0.15) is 0 Å². The van der Waals surface area contributed by atoms with Crippen LogP contribution in [0, 0.1) is 6.92 Å². The molecule has 0 saturated carbocycles. The monoisotopic (exact) mass is 472 g/mol. The van der Waals surface area contributed by atoms with Crippen molar-refractivity contribution in [3.8, 4) is 5.75 Å². The summed E-state index contributed by atoms with van der Waals surface area (Å²) in [6.07, 6.45) is 2.79. The Morgan fingerprint density at radius 2 is 2.21 bits per heavy atom. The van der Waals surface area contributed by atoms with Gasteiger partial charge in [-0.3, -0.25) is 9.69 Å². The van der Waals surface area contributed by atoms with E-state index in [0.717, 1.165) is 30.7 Å². The van der Waals surface area contributed by atoms with Gasteiger partial charge in [0.25, 0.3) is 0 Å². The number of carbonyl (C=O) groups is 1. The average molecular weight is 473 g/mol. The number of para-hydroxylation sites is 1. The van der Waals surface area contributed by atoms with Crippen LogP contribution in [0.25, 0.3) is 0 Å². The number of carbonyl (C=O) groups excluding carboxylic acids is 1. The Kier molecular flexibility index (Phi) is 9.94. The van der Waals surface area contributed by atoms with Gasteiger partial charge in [0.1, 0.15) is 12.4 Å². The minimum Gasteiger partial charge on any atom is -0.491 e. The number of hydrogen-bond acceptors (Lipinski definition) is 6. The molecule has 1 aromatic carbocycles. The van der Waals surface area contributed by atoms with Crippen LogP contribution in [0.1, 0.15) is 35.4 Å². The van der Waals surface area contributed by atoms with Crippen LogP contribution in [0.15, 0.2) is 48.4 Å². The van der Waals surface area contributed by atoms with Crippen molar-refractivity contribution in [1.82, 2.24) is 9.80 Å². The SMILES string of the molecule is C=CCOC[C@@H](O)CN(CCC)CC(=O)N1CCc2sccc2[C@H]1COc1ccccc1C. The third kappa shape index (κ3) is 7.14. The molecule has 0 spiro atoms. The third-order valence-corrected chi connectivity index (χ3v) is 6.82. The summed E-state index contributed by atoms with van der Waals surface area (Å²) in [6.45, 7) is 10.9. The number of aliphatic hydroxyl groups is 1. The summed E-state index contributed by atoms with van der Waals surface area (Å²) in [7, 11) is 0. The van der Waals surface area contributed by atoms with Crippen LogP contribution in [0.4, 0.5) is 0 Å². The van der Waals surface area contributed by atoms with Crippen LogP contribution in [0.5, 0.6) is 5.75 Å². The van der Waals surface area contributed by atoms with Crippen molar-refractivity contribution in [2.45, 2.75) is 38.8 Å². The number of amides is 1. The molecular weight excluding hydrogens is 436 g/mol. The van der Waals surface area contributed by atoms with E-state index >= 15 is 0 Å². The van der Waals surface area contributed by atoms with Gasteiger partial charge in [-0.1, -0.05) is 31.2 Å². The van der Waals surface area contributed by atoms with E-state index in [9.17, 15) is 9.90 Å². The van der Waals surface area contributed by atoms with Gasteiger partial charge >= 0.3 is 0 Å². The largest absolute Gasteiger partial charge is 0.491 e. The normalized spacial score (nSPS) is 16.5. The number of ether oxygens (including phenoxy) is 2. The molecular formula is C26H36N2O4S. The highest BCUT2D eigenvalue weighted by Crippen LogP contribution is 2.34. The summed E-state index contributed by atoms with van der Waals surface area (Å²) < 4.78 is 11.6. The molecule has 2 aromatic rings. The molecule has 0 radical (unpaired) electrons. The number of rotatable bonds is 13. The standard InChI is InChI=1S/C26H36N2O4S/c1-4-12-27(16-21(29)18-31-14-5-2)17-26(30)28-13-10-25-22(11-15-33-25)23(28)19-32-24-9-7-6-8-20(24)3/h5-9,11,15,21,23,29H,2,4,10,12-14,16-19H2,1,3H3/t21-,23+/m0/s1. The van der Waals surface area contributed by atoms with Gasteiger partial charge in [0.2, 0.25) is 5.91 Å². The fraction of sp³-hybridized carbons (Fsp3) is 0.500. The smallest absolute Gasteiger partial charge is 0.237 e. The van der Waals surface area contributed by atoms with Crippen molar-refractivity contribution >= 4 is 17.2 Å². The Balaban J connectivity index is 1.68. The first-order valence-electron chi connectivity index (χ1n) is 11.7. The summed E-state index contributed by atoms with van der Waals surface area (Å²) in [5.41, 5.74) is 2.27. The Hall–Kier alpha value is -2.19. The number of nitrogens with zero attached hydrogens (tertiary/aromatic N) is 2. The molecule has 0 fully saturated rings. The lowest BCUT2D eigenvalue weighted by Crippen LogP contribution is -2.48. The quantitative estimate of drug-likeness (QED) is 0.355. The second kappa shape index (κ2) is 12.9. The van der Waals surface area contributed by atoms with E-state index in [2.05, 4.69) is 24.9 Å². The van der Waals surface area contributed by atoms with Crippen LogP contribution in [-0.2, 0) is 16.0 Å². The second-order valence-corrected chi connectivity index (χ2v) is 9.44. The number of hydrogen-bond donors (Lipinski definition) is 1. The molecule has 1 aliphatic rings. The molecule has 1 N–H and O–H groups in total. The zero-order valence-corrected chi connectivity index (χ0v) is 20.6. The Morgan fingerprint density at radius 1 is 1.39 bits per heavy atom. The Labute approximate surface area is 201 Å². The number of benzene rings is 1. The first-order chi connectivity index (χ1) is 16.0. The van der Waals surface area contributed by atoms with Crippen LogP contribution >= 0.6 is 11.3 Å². The van der Waals surface area contributed by atoms with E-state index in [4.69, 9.17) is 9.47 Å². The molecule has 2 heterocycles. The van der Waals surface area contributed by atoms with Gasteiger partial charge in [0.15, 0.2) is 0 Å². The molecule has 180 valence electrons. The maximum absolute atomic E-state index is 13.5. The first-order valence-corrected chi connectivity index (χ1v) is 12.5. The van der Waals surface area contributed by atoms with Gasteiger partial charge in [-0.05, 0) is 54.9 Å². The van der Waals surface area contributed by atoms with Crippen LogP contribution in [0.2, 0.25) is 0 Å². The van der Waals surface area contributed by atoms with E-state index in [-0.39, 0.29) is 25.1 Å². The predicted molar refractivity (Wildman–Crippen MR) is 133 cm³/mol. The summed E-state index contributed by atoms with van der Waals surface area (Å²) >= 11 is 1.75. The molecule has 2 atom stereocenters. The van der Waals surface area contributed by atoms with Gasteiger partial charge < -0.3 is 19.5 Å². The van der Waals surface area contributed by atoms with Gasteiger partial charge in [-0.15, -0.1) is 17.9 Å². The molecule has 1 amide bonds. The number of thiophene rings is 1. The van der Waals surface area contributed by atoms with E-state index in [1.54, 1.807) is 17.4 Å². The minimum atomic E-state index is -0.644. The first kappa shape index (κ1) is 25.4.